The van der Waals surface area contributed by atoms with Crippen molar-refractivity contribution in [3.05, 3.63) is 90.0 Å². The van der Waals surface area contributed by atoms with Crippen molar-refractivity contribution >= 4 is 17.6 Å². The van der Waals surface area contributed by atoms with Crippen molar-refractivity contribution in [3.8, 4) is 11.5 Å². The topological polar surface area (TPSA) is 71.1 Å². The molecule has 0 unspecified atom stereocenters. The number of amides is 3. The molecule has 0 spiro atoms. The number of hydrogen-bond donors (Lipinski definition) is 1. The van der Waals surface area contributed by atoms with E-state index in [0.717, 1.165) is 16.8 Å². The third kappa shape index (κ3) is 3.97. The summed E-state index contributed by atoms with van der Waals surface area (Å²) in [7, 11) is 0. The maximum absolute atomic E-state index is 13.0. The molecule has 1 fully saturated rings. The second kappa shape index (κ2) is 8.63. The van der Waals surface area contributed by atoms with Crippen LogP contribution in [-0.4, -0.2) is 43.3 Å². The Balaban J connectivity index is 1.28. The molecule has 7 heteroatoms. The van der Waals surface area contributed by atoms with Crippen LogP contribution in [0.3, 0.4) is 0 Å². The van der Waals surface area contributed by atoms with Gasteiger partial charge in [0.25, 0.3) is 0 Å². The molecule has 2 heterocycles. The van der Waals surface area contributed by atoms with Crippen molar-refractivity contribution in [2.45, 2.75) is 6.04 Å². The van der Waals surface area contributed by atoms with Gasteiger partial charge in [-0.25, -0.2) is 4.79 Å². The summed E-state index contributed by atoms with van der Waals surface area (Å²) < 4.78 is 10.8. The van der Waals surface area contributed by atoms with E-state index in [9.17, 15) is 9.59 Å². The first kappa shape index (κ1) is 19.9. The molecular weight excluding hydrogens is 406 g/mol. The van der Waals surface area contributed by atoms with Gasteiger partial charge >= 0.3 is 6.03 Å². The van der Waals surface area contributed by atoms with Crippen LogP contribution in [-0.2, 0) is 4.79 Å². The first-order valence-corrected chi connectivity index (χ1v) is 10.5. The predicted octanol–water partition coefficient (Wildman–Crippen LogP) is 3.56. The van der Waals surface area contributed by atoms with Gasteiger partial charge in [0.1, 0.15) is 6.54 Å². The summed E-state index contributed by atoms with van der Waals surface area (Å²) in [6.45, 7) is 1.16. The molecule has 0 radical (unpaired) electrons. The second-order valence-electron chi connectivity index (χ2n) is 7.72. The molecule has 3 aromatic carbocycles. The zero-order valence-corrected chi connectivity index (χ0v) is 17.4. The Labute approximate surface area is 186 Å². The lowest BCUT2D eigenvalue weighted by Crippen LogP contribution is -2.41. The predicted molar refractivity (Wildman–Crippen MR) is 120 cm³/mol. The minimum Gasteiger partial charge on any atom is -0.454 e. The Bertz CT molecular complexity index is 1080. The monoisotopic (exact) mass is 429 g/mol. The van der Waals surface area contributed by atoms with Crippen molar-refractivity contribution in [2.24, 2.45) is 0 Å². The van der Waals surface area contributed by atoms with Crippen molar-refractivity contribution in [3.63, 3.8) is 0 Å². The standard InChI is InChI=1S/C25H23N3O4/c29-23(26-24(18-7-3-1-4-8-18)19-9-5-2-6-10-19)16-27-13-14-28(25(27)30)20-11-12-21-22(15-20)32-17-31-21/h1-12,15,24H,13-14,16-17H2,(H,26,29). The van der Waals surface area contributed by atoms with Gasteiger partial charge in [0.2, 0.25) is 12.7 Å². The normalized spacial score (nSPS) is 14.8. The number of ether oxygens (including phenoxy) is 2. The molecule has 7 nitrogen and oxygen atoms in total. The first-order chi connectivity index (χ1) is 15.7. The van der Waals surface area contributed by atoms with Crippen LogP contribution in [0.4, 0.5) is 10.5 Å². The van der Waals surface area contributed by atoms with Crippen molar-refractivity contribution in [1.29, 1.82) is 0 Å². The average molecular weight is 429 g/mol. The Kier molecular flexibility index (Phi) is 5.37. The van der Waals surface area contributed by atoms with Gasteiger partial charge in [-0.1, -0.05) is 60.7 Å². The van der Waals surface area contributed by atoms with Gasteiger partial charge in [-0.05, 0) is 23.3 Å². The Hall–Kier alpha value is -4.00. The summed E-state index contributed by atoms with van der Waals surface area (Å²) in [6, 6.07) is 24.6. The van der Waals surface area contributed by atoms with Gasteiger partial charge in [0.05, 0.1) is 6.04 Å². The number of nitrogens with one attached hydrogen (secondary N) is 1. The van der Waals surface area contributed by atoms with E-state index in [2.05, 4.69) is 5.32 Å². The van der Waals surface area contributed by atoms with Crippen LogP contribution in [0, 0.1) is 0 Å². The number of benzene rings is 3. The zero-order chi connectivity index (χ0) is 21.9. The minimum absolute atomic E-state index is 0.00392. The molecule has 1 saturated heterocycles. The van der Waals surface area contributed by atoms with Crippen LogP contribution in [0.5, 0.6) is 11.5 Å². The Morgan fingerprint density at radius 2 is 1.53 bits per heavy atom. The number of hydrogen-bond acceptors (Lipinski definition) is 4. The van der Waals surface area contributed by atoms with Crippen molar-refractivity contribution in [1.82, 2.24) is 10.2 Å². The van der Waals surface area contributed by atoms with Crippen molar-refractivity contribution in [2.75, 3.05) is 31.3 Å². The number of urea groups is 1. The van der Waals surface area contributed by atoms with Gasteiger partial charge in [0, 0.05) is 24.8 Å². The smallest absolute Gasteiger partial charge is 0.325 e. The molecule has 0 atom stereocenters. The Morgan fingerprint density at radius 1 is 0.875 bits per heavy atom. The number of carbonyl (C=O) groups is 2. The minimum atomic E-state index is -0.285. The van der Waals surface area contributed by atoms with E-state index in [1.54, 1.807) is 21.9 Å². The highest BCUT2D eigenvalue weighted by Crippen LogP contribution is 2.36. The molecule has 0 aliphatic carbocycles. The summed E-state index contributed by atoms with van der Waals surface area (Å²) in [4.78, 5) is 29.1. The number of nitrogens with zero attached hydrogens (tertiary/aromatic N) is 2. The SMILES string of the molecule is O=C(CN1CCN(c2ccc3c(c2)OCO3)C1=O)NC(c1ccccc1)c1ccccc1. The zero-order valence-electron chi connectivity index (χ0n) is 17.4. The van der Waals surface area contributed by atoms with E-state index in [4.69, 9.17) is 9.47 Å². The molecule has 3 amide bonds. The van der Waals surface area contributed by atoms with Crippen LogP contribution in [0.25, 0.3) is 0 Å². The van der Waals surface area contributed by atoms with Gasteiger partial charge in [-0.3, -0.25) is 9.69 Å². The quantitative estimate of drug-likeness (QED) is 0.651. The molecule has 32 heavy (non-hydrogen) atoms. The number of carbonyl (C=O) groups excluding carboxylic acids is 2. The molecule has 0 bridgehead atoms. The number of anilines is 1. The fourth-order valence-electron chi connectivity index (χ4n) is 4.05. The lowest BCUT2D eigenvalue weighted by molar-refractivity contribution is -0.122. The highest BCUT2D eigenvalue weighted by atomic mass is 16.7. The molecule has 2 aliphatic heterocycles. The lowest BCUT2D eigenvalue weighted by Gasteiger charge is -2.22. The summed E-state index contributed by atoms with van der Waals surface area (Å²) in [6.07, 6.45) is 0. The van der Waals surface area contributed by atoms with Crippen molar-refractivity contribution < 1.29 is 19.1 Å². The Morgan fingerprint density at radius 3 is 2.22 bits per heavy atom. The maximum atomic E-state index is 13.0. The number of rotatable bonds is 6. The molecule has 0 aromatic heterocycles. The third-order valence-corrected chi connectivity index (χ3v) is 5.67. The molecule has 2 aliphatic rings. The van der Waals surface area contributed by atoms with Gasteiger partial charge in [-0.2, -0.15) is 0 Å². The summed E-state index contributed by atoms with van der Waals surface area (Å²) in [5.41, 5.74) is 2.71. The maximum Gasteiger partial charge on any atom is 0.325 e. The van der Waals surface area contributed by atoms with E-state index in [1.165, 1.54) is 0 Å². The molecule has 0 saturated carbocycles. The highest BCUT2D eigenvalue weighted by molar-refractivity contribution is 5.96. The van der Waals surface area contributed by atoms with E-state index in [0.29, 0.717) is 24.6 Å². The highest BCUT2D eigenvalue weighted by Gasteiger charge is 2.32. The van der Waals surface area contributed by atoms with Crippen LogP contribution >= 0.6 is 0 Å². The van der Waals surface area contributed by atoms with Crippen LogP contribution < -0.4 is 19.7 Å². The van der Waals surface area contributed by atoms with Crippen LogP contribution in [0.2, 0.25) is 0 Å². The van der Waals surface area contributed by atoms with Gasteiger partial charge < -0.3 is 19.7 Å². The summed E-state index contributed by atoms with van der Waals surface area (Å²) in [5.74, 6) is 1.09. The van der Waals surface area contributed by atoms with Crippen LogP contribution in [0.15, 0.2) is 78.9 Å². The third-order valence-electron chi connectivity index (χ3n) is 5.67. The largest absolute Gasteiger partial charge is 0.454 e. The fraction of sp³-hybridized carbons (Fsp3) is 0.200. The molecule has 162 valence electrons. The van der Waals surface area contributed by atoms with E-state index < -0.39 is 0 Å². The fourth-order valence-corrected chi connectivity index (χ4v) is 4.05. The summed E-state index contributed by atoms with van der Waals surface area (Å²) >= 11 is 0. The second-order valence-corrected chi connectivity index (χ2v) is 7.72. The van der Waals surface area contributed by atoms with Crippen LogP contribution in [0.1, 0.15) is 17.2 Å². The molecule has 5 rings (SSSR count). The number of fused-ring (bicyclic) bond motifs is 1. The molecular formula is C25H23N3O4. The first-order valence-electron chi connectivity index (χ1n) is 10.5. The van der Waals surface area contributed by atoms with E-state index >= 15 is 0 Å². The average Bonchev–Trinajstić information content (AvgIpc) is 3.45. The van der Waals surface area contributed by atoms with Gasteiger partial charge in [0.15, 0.2) is 11.5 Å². The molecule has 1 N–H and O–H groups in total. The lowest BCUT2D eigenvalue weighted by atomic mass is 9.99. The van der Waals surface area contributed by atoms with E-state index in [1.807, 2.05) is 66.7 Å². The van der Waals surface area contributed by atoms with E-state index in [-0.39, 0.29) is 31.3 Å². The molecule has 3 aromatic rings. The summed E-state index contributed by atoms with van der Waals surface area (Å²) in [5, 5.41) is 3.10. The van der Waals surface area contributed by atoms with Gasteiger partial charge in [-0.15, -0.1) is 0 Å².